The molecule has 1 saturated heterocycles. The smallest absolute Gasteiger partial charge is 0.324 e. The van der Waals surface area contributed by atoms with Gasteiger partial charge in [0.15, 0.2) is 0 Å². The molecule has 184 valence electrons. The van der Waals surface area contributed by atoms with E-state index in [4.69, 9.17) is 14.2 Å². The van der Waals surface area contributed by atoms with Crippen molar-refractivity contribution in [3.63, 3.8) is 0 Å². The first-order chi connectivity index (χ1) is 16.1. The highest BCUT2D eigenvalue weighted by Gasteiger charge is 2.27. The predicted octanol–water partition coefficient (Wildman–Crippen LogP) is 3.99. The zero-order chi connectivity index (χ0) is 23.9. The normalized spacial score (nSPS) is 15.0. The van der Waals surface area contributed by atoms with Gasteiger partial charge in [0.2, 0.25) is 0 Å². The van der Waals surface area contributed by atoms with Crippen LogP contribution in [0.15, 0.2) is 42.1 Å². The van der Waals surface area contributed by atoms with Gasteiger partial charge in [-0.2, -0.15) is 0 Å². The summed E-state index contributed by atoms with van der Waals surface area (Å²) < 4.78 is 16.1. The second-order valence-corrected chi connectivity index (χ2v) is 7.98. The van der Waals surface area contributed by atoms with Crippen molar-refractivity contribution in [2.45, 2.75) is 39.7 Å². The number of urea groups is 1. The Bertz CT molecular complexity index is 779. The summed E-state index contributed by atoms with van der Waals surface area (Å²) in [6.45, 7) is 9.85. The van der Waals surface area contributed by atoms with Crippen LogP contribution < -0.4 is 10.1 Å². The third-order valence-corrected chi connectivity index (χ3v) is 5.63. The van der Waals surface area contributed by atoms with Gasteiger partial charge in [-0.3, -0.25) is 4.90 Å². The highest BCUT2D eigenvalue weighted by molar-refractivity contribution is 5.77. The third kappa shape index (κ3) is 8.84. The second-order valence-electron chi connectivity index (χ2n) is 7.98. The number of ether oxygens (including phenoxy) is 3. The first kappa shape index (κ1) is 26.9. The average Bonchev–Trinajstić information content (AvgIpc) is 2.83. The van der Waals surface area contributed by atoms with Gasteiger partial charge in [0.1, 0.15) is 5.75 Å². The molecular formula is C26H41N3O4. The van der Waals surface area contributed by atoms with E-state index in [9.17, 15) is 4.79 Å². The number of aryl methyl sites for hydroxylation is 1. The maximum absolute atomic E-state index is 13.2. The van der Waals surface area contributed by atoms with Crippen LogP contribution in [0.4, 0.5) is 4.79 Å². The van der Waals surface area contributed by atoms with Gasteiger partial charge in [0.25, 0.3) is 0 Å². The van der Waals surface area contributed by atoms with Gasteiger partial charge in [-0.25, -0.2) is 4.79 Å². The SMILES string of the molecule is C/C=C(\C=C/COC)N1CCCN(Cc2ccc(CCCNCCOCC)cc2OC)C1=O. The van der Waals surface area contributed by atoms with Crippen molar-refractivity contribution in [3.8, 4) is 5.75 Å². The molecule has 0 atom stereocenters. The summed E-state index contributed by atoms with van der Waals surface area (Å²) in [5, 5.41) is 3.40. The summed E-state index contributed by atoms with van der Waals surface area (Å²) >= 11 is 0. The molecule has 33 heavy (non-hydrogen) atoms. The lowest BCUT2D eigenvalue weighted by molar-refractivity contribution is 0.142. The molecule has 1 N–H and O–H groups in total. The number of carbonyl (C=O) groups is 1. The minimum atomic E-state index is 0.0284. The highest BCUT2D eigenvalue weighted by Crippen LogP contribution is 2.25. The van der Waals surface area contributed by atoms with Crippen molar-refractivity contribution < 1.29 is 19.0 Å². The van der Waals surface area contributed by atoms with Crippen molar-refractivity contribution in [1.82, 2.24) is 15.1 Å². The van der Waals surface area contributed by atoms with Crippen molar-refractivity contribution in [2.75, 3.05) is 60.2 Å². The summed E-state index contributed by atoms with van der Waals surface area (Å²) in [6.07, 6.45) is 8.81. The summed E-state index contributed by atoms with van der Waals surface area (Å²) in [4.78, 5) is 16.9. The monoisotopic (exact) mass is 459 g/mol. The number of rotatable bonds is 15. The van der Waals surface area contributed by atoms with Crippen LogP contribution in [0.2, 0.25) is 0 Å². The number of methoxy groups -OCH3 is 2. The predicted molar refractivity (Wildman–Crippen MR) is 133 cm³/mol. The minimum Gasteiger partial charge on any atom is -0.496 e. The molecular weight excluding hydrogens is 418 g/mol. The molecule has 0 unspecified atom stereocenters. The van der Waals surface area contributed by atoms with E-state index in [1.165, 1.54) is 5.56 Å². The molecule has 1 heterocycles. The van der Waals surface area contributed by atoms with E-state index in [1.54, 1.807) is 14.2 Å². The van der Waals surface area contributed by atoms with E-state index in [0.29, 0.717) is 13.2 Å². The number of carbonyl (C=O) groups excluding carboxylic acids is 1. The number of benzene rings is 1. The number of hydrogen-bond donors (Lipinski definition) is 1. The molecule has 0 aliphatic carbocycles. The Morgan fingerprint density at radius 1 is 1.21 bits per heavy atom. The van der Waals surface area contributed by atoms with Crippen LogP contribution in [0.3, 0.4) is 0 Å². The van der Waals surface area contributed by atoms with Crippen molar-refractivity contribution in [1.29, 1.82) is 0 Å². The van der Waals surface area contributed by atoms with Crippen LogP contribution in [0.25, 0.3) is 0 Å². The Morgan fingerprint density at radius 2 is 2.06 bits per heavy atom. The number of allylic oxidation sites excluding steroid dienone is 2. The zero-order valence-electron chi connectivity index (χ0n) is 20.8. The first-order valence-corrected chi connectivity index (χ1v) is 12.0. The molecule has 0 radical (unpaired) electrons. The van der Waals surface area contributed by atoms with Crippen LogP contribution in [-0.2, 0) is 22.4 Å². The minimum absolute atomic E-state index is 0.0284. The van der Waals surface area contributed by atoms with E-state index in [1.807, 2.05) is 41.9 Å². The second kappa shape index (κ2) is 15.5. The molecule has 1 aromatic carbocycles. The number of nitrogens with one attached hydrogen (secondary N) is 1. The number of nitrogens with zero attached hydrogens (tertiary/aromatic N) is 2. The lowest BCUT2D eigenvalue weighted by Gasteiger charge is -2.36. The lowest BCUT2D eigenvalue weighted by Crippen LogP contribution is -2.48. The molecule has 7 nitrogen and oxygen atoms in total. The van der Waals surface area contributed by atoms with Gasteiger partial charge >= 0.3 is 6.03 Å². The van der Waals surface area contributed by atoms with E-state index in [-0.39, 0.29) is 6.03 Å². The molecule has 2 amide bonds. The summed E-state index contributed by atoms with van der Waals surface area (Å²) in [5.41, 5.74) is 3.18. The van der Waals surface area contributed by atoms with E-state index < -0.39 is 0 Å². The van der Waals surface area contributed by atoms with Crippen LogP contribution >= 0.6 is 0 Å². The van der Waals surface area contributed by atoms with Gasteiger partial charge < -0.3 is 24.4 Å². The van der Waals surface area contributed by atoms with Gasteiger partial charge in [0.05, 0.1) is 26.9 Å². The third-order valence-electron chi connectivity index (χ3n) is 5.63. The Kier molecular flexibility index (Phi) is 12.6. The molecule has 0 bridgehead atoms. The molecule has 1 fully saturated rings. The molecule has 0 spiro atoms. The number of amides is 2. The number of hydrogen-bond acceptors (Lipinski definition) is 5. The molecule has 1 aliphatic heterocycles. The largest absolute Gasteiger partial charge is 0.496 e. The summed E-state index contributed by atoms with van der Waals surface area (Å²) in [5.74, 6) is 0.841. The zero-order valence-corrected chi connectivity index (χ0v) is 20.8. The van der Waals surface area contributed by atoms with Crippen LogP contribution in [0.1, 0.15) is 37.8 Å². The van der Waals surface area contributed by atoms with Crippen LogP contribution in [-0.4, -0.2) is 76.1 Å². The Hall–Kier alpha value is -2.35. The molecule has 0 saturated carbocycles. The molecule has 7 heteroatoms. The standard InChI is InChI=1S/C26H41N3O4/c1-5-24(11-8-18-31-3)29-17-9-16-28(26(29)30)21-23-13-12-22(20-25(23)32-4)10-7-14-27-15-19-33-6-2/h5,8,11-13,20,27H,6-7,9-10,14-19,21H2,1-4H3/b11-8-,24-5+. The van der Waals surface area contributed by atoms with E-state index in [0.717, 1.165) is 75.7 Å². The summed E-state index contributed by atoms with van der Waals surface area (Å²) in [7, 11) is 3.35. The van der Waals surface area contributed by atoms with Crippen molar-refractivity contribution >= 4 is 6.03 Å². The average molecular weight is 460 g/mol. The topological polar surface area (TPSA) is 63.3 Å². The van der Waals surface area contributed by atoms with Crippen LogP contribution in [0.5, 0.6) is 5.75 Å². The fourth-order valence-corrected chi connectivity index (χ4v) is 3.89. The van der Waals surface area contributed by atoms with Crippen molar-refractivity contribution in [2.24, 2.45) is 0 Å². The Balaban J connectivity index is 1.95. The quantitative estimate of drug-likeness (QED) is 0.317. The van der Waals surface area contributed by atoms with Crippen molar-refractivity contribution in [3.05, 3.63) is 53.3 Å². The van der Waals surface area contributed by atoms with Crippen LogP contribution in [0, 0.1) is 0 Å². The molecule has 2 rings (SSSR count). The maximum atomic E-state index is 13.2. The lowest BCUT2D eigenvalue weighted by atomic mass is 10.1. The van der Waals surface area contributed by atoms with Gasteiger partial charge in [-0.1, -0.05) is 24.3 Å². The summed E-state index contributed by atoms with van der Waals surface area (Å²) in [6, 6.07) is 6.38. The van der Waals surface area contributed by atoms with E-state index >= 15 is 0 Å². The Labute approximate surface area is 199 Å². The molecule has 1 aromatic rings. The fraction of sp³-hybridized carbons (Fsp3) is 0.577. The van der Waals surface area contributed by atoms with Gasteiger partial charge in [-0.15, -0.1) is 0 Å². The van der Waals surface area contributed by atoms with Gasteiger partial charge in [0, 0.05) is 44.6 Å². The van der Waals surface area contributed by atoms with Gasteiger partial charge in [-0.05, 0) is 57.4 Å². The maximum Gasteiger partial charge on any atom is 0.324 e. The molecule has 1 aliphatic rings. The highest BCUT2D eigenvalue weighted by atomic mass is 16.5. The molecule has 0 aromatic heterocycles. The fourth-order valence-electron chi connectivity index (χ4n) is 3.89. The Morgan fingerprint density at radius 3 is 2.79 bits per heavy atom. The first-order valence-electron chi connectivity index (χ1n) is 12.0. The van der Waals surface area contributed by atoms with E-state index in [2.05, 4.69) is 23.5 Å².